The van der Waals surface area contributed by atoms with Gasteiger partial charge in [-0.05, 0) is 86.8 Å². The van der Waals surface area contributed by atoms with Gasteiger partial charge >= 0.3 is 6.92 Å². The molecule has 0 saturated carbocycles. The second-order valence-corrected chi connectivity index (χ2v) is 15.5. The minimum Gasteiger partial charge on any atom is -0.551 e. The molecule has 3 heterocycles. The van der Waals surface area contributed by atoms with E-state index in [0.29, 0.717) is 0 Å². The Balaban J connectivity index is 1.48. The van der Waals surface area contributed by atoms with Gasteiger partial charge in [0, 0.05) is 45.1 Å². The van der Waals surface area contributed by atoms with Gasteiger partial charge in [0.15, 0.2) is 0 Å². The van der Waals surface area contributed by atoms with Crippen molar-refractivity contribution < 1.29 is 4.65 Å². The fourth-order valence-corrected chi connectivity index (χ4v) is 7.75. The molecule has 2 aliphatic heterocycles. The summed E-state index contributed by atoms with van der Waals surface area (Å²) < 4.78 is 9.51. The van der Waals surface area contributed by atoms with Crippen molar-refractivity contribution in [2.75, 3.05) is 4.90 Å². The lowest BCUT2D eigenvalue weighted by Gasteiger charge is -2.41. The van der Waals surface area contributed by atoms with E-state index in [2.05, 4.69) is 179 Å². The van der Waals surface area contributed by atoms with Crippen LogP contribution in [0.5, 0.6) is 5.75 Å². The molecule has 0 saturated heterocycles. The van der Waals surface area contributed by atoms with E-state index in [-0.39, 0.29) is 17.7 Å². The van der Waals surface area contributed by atoms with Crippen LogP contribution in [-0.2, 0) is 10.8 Å². The molecule has 7 aromatic rings. The van der Waals surface area contributed by atoms with Crippen LogP contribution in [0, 0.1) is 0 Å². The minimum absolute atomic E-state index is 0.0295. The number of rotatable bonds is 2. The summed E-state index contributed by atoms with van der Waals surface area (Å²) in [6, 6.07) is 44.5. The molecule has 0 fully saturated rings. The lowest BCUT2D eigenvalue weighted by Crippen LogP contribution is -2.56. The highest BCUT2D eigenvalue weighted by Crippen LogP contribution is 2.48. The van der Waals surface area contributed by atoms with Crippen molar-refractivity contribution in [3.8, 4) is 22.6 Å². The van der Waals surface area contributed by atoms with Crippen LogP contribution in [0.4, 0.5) is 17.1 Å². The number of benzene rings is 6. The second kappa shape index (κ2) is 10.1. The van der Waals surface area contributed by atoms with Gasteiger partial charge in [-0.1, -0.05) is 114 Å². The molecule has 234 valence electrons. The molecule has 2 aliphatic rings. The van der Waals surface area contributed by atoms with E-state index >= 15 is 0 Å². The van der Waals surface area contributed by atoms with Gasteiger partial charge in [-0.3, -0.25) is 0 Å². The Morgan fingerprint density at radius 1 is 0.562 bits per heavy atom. The lowest BCUT2D eigenvalue weighted by molar-refractivity contribution is 0.568. The number of hydrogen-bond donors (Lipinski definition) is 0. The molecule has 9 rings (SSSR count). The number of fused-ring (bicyclic) bond motifs is 8. The fraction of sp³-hybridized carbons (Fsp3) is 0.182. The molecule has 0 spiro atoms. The highest BCUT2D eigenvalue weighted by molar-refractivity contribution is 6.87. The van der Waals surface area contributed by atoms with Gasteiger partial charge in [-0.15, -0.1) is 0 Å². The maximum Gasteiger partial charge on any atom is 0.432 e. The van der Waals surface area contributed by atoms with Crippen LogP contribution in [0.2, 0.25) is 0 Å². The summed E-state index contributed by atoms with van der Waals surface area (Å²) in [4.78, 5) is 2.56. The standard InChI is InChI=1S/C44H39BN2O/c1-43(2,3)30-25-31(44(4,5)6)27-33(26-30)47-37-21-20-28-14-10-11-17-34(28)39(37)45-40-36(35-18-12-13-19-38(35)48-45)24-29-22-23-46(41(29)42(40)47)32-15-8-7-9-16-32/h7-27H,1-6H3. The van der Waals surface area contributed by atoms with Crippen molar-refractivity contribution in [3.63, 3.8) is 0 Å². The average Bonchev–Trinajstić information content (AvgIpc) is 3.51. The second-order valence-electron chi connectivity index (χ2n) is 15.5. The molecule has 0 unspecified atom stereocenters. The molecule has 0 radical (unpaired) electrons. The number of nitrogens with zero attached hydrogens (tertiary/aromatic N) is 2. The summed E-state index contributed by atoms with van der Waals surface area (Å²) in [6.45, 7) is 13.7. The van der Waals surface area contributed by atoms with Crippen molar-refractivity contribution >= 4 is 56.6 Å². The summed E-state index contributed by atoms with van der Waals surface area (Å²) >= 11 is 0. The lowest BCUT2D eigenvalue weighted by atomic mass is 9.48. The van der Waals surface area contributed by atoms with Gasteiger partial charge in [0.2, 0.25) is 0 Å². The summed E-state index contributed by atoms with van der Waals surface area (Å²) in [5, 5.41) is 3.65. The summed E-state index contributed by atoms with van der Waals surface area (Å²) in [5.41, 5.74) is 13.3. The third kappa shape index (κ3) is 4.28. The normalized spacial score (nSPS) is 13.7. The van der Waals surface area contributed by atoms with E-state index in [0.717, 1.165) is 22.7 Å². The Hall–Kier alpha value is -5.22. The van der Waals surface area contributed by atoms with Crippen LogP contribution in [0.3, 0.4) is 0 Å². The molecule has 6 aromatic carbocycles. The number of hydrogen-bond acceptors (Lipinski definition) is 2. The zero-order chi connectivity index (χ0) is 32.9. The number of aromatic nitrogens is 1. The maximum atomic E-state index is 7.15. The van der Waals surface area contributed by atoms with Crippen LogP contribution in [-0.4, -0.2) is 11.5 Å². The van der Waals surface area contributed by atoms with Crippen LogP contribution in [0.1, 0.15) is 52.7 Å². The Bertz CT molecular complexity index is 2380. The monoisotopic (exact) mass is 622 g/mol. The van der Waals surface area contributed by atoms with E-state index in [1.807, 2.05) is 0 Å². The summed E-state index contributed by atoms with van der Waals surface area (Å²) in [7, 11) is 0. The molecule has 0 bridgehead atoms. The molecule has 0 aliphatic carbocycles. The molecular weight excluding hydrogens is 583 g/mol. The molecule has 0 amide bonds. The van der Waals surface area contributed by atoms with Crippen molar-refractivity contribution in [1.82, 2.24) is 4.57 Å². The van der Waals surface area contributed by atoms with Gasteiger partial charge in [0.25, 0.3) is 0 Å². The zero-order valence-corrected chi connectivity index (χ0v) is 28.5. The first-order valence-corrected chi connectivity index (χ1v) is 17.1. The van der Waals surface area contributed by atoms with Gasteiger partial charge in [-0.2, -0.15) is 0 Å². The average molecular weight is 623 g/mol. The smallest absolute Gasteiger partial charge is 0.432 e. The summed E-state index contributed by atoms with van der Waals surface area (Å²) in [6.07, 6.45) is 2.23. The molecule has 48 heavy (non-hydrogen) atoms. The van der Waals surface area contributed by atoms with Crippen LogP contribution >= 0.6 is 0 Å². The van der Waals surface area contributed by atoms with Gasteiger partial charge in [0.05, 0.1) is 11.2 Å². The van der Waals surface area contributed by atoms with Crippen LogP contribution in [0.15, 0.2) is 128 Å². The predicted molar refractivity (Wildman–Crippen MR) is 204 cm³/mol. The molecular formula is C44H39BN2O. The van der Waals surface area contributed by atoms with Gasteiger partial charge in [0.1, 0.15) is 5.75 Å². The highest BCUT2D eigenvalue weighted by Gasteiger charge is 2.45. The largest absolute Gasteiger partial charge is 0.551 e. The molecule has 0 atom stereocenters. The van der Waals surface area contributed by atoms with Crippen LogP contribution in [0.25, 0.3) is 38.5 Å². The quantitative estimate of drug-likeness (QED) is 0.179. The molecule has 0 N–H and O–H groups in total. The zero-order valence-electron chi connectivity index (χ0n) is 28.5. The van der Waals surface area contributed by atoms with Crippen molar-refractivity contribution in [1.29, 1.82) is 0 Å². The number of para-hydroxylation sites is 2. The summed E-state index contributed by atoms with van der Waals surface area (Å²) in [5.74, 6) is 0.930. The Labute approximate surface area is 283 Å². The predicted octanol–water partition coefficient (Wildman–Crippen LogP) is 10.3. The first kappa shape index (κ1) is 29.0. The van der Waals surface area contributed by atoms with Gasteiger partial charge < -0.3 is 14.1 Å². The van der Waals surface area contributed by atoms with E-state index in [9.17, 15) is 0 Å². The minimum atomic E-state index is -0.265. The Kier molecular flexibility index (Phi) is 6.12. The molecule has 4 heteroatoms. The first-order valence-electron chi connectivity index (χ1n) is 17.1. The Morgan fingerprint density at radius 3 is 2.00 bits per heavy atom. The van der Waals surface area contributed by atoms with E-state index < -0.39 is 0 Å². The third-order valence-electron chi connectivity index (χ3n) is 10.3. The SMILES string of the molecule is CC(C)(C)c1cc(N2c3ccc4ccccc4c3B3Oc4ccccc4-c4cc5ccn(-c6ccccc6)c5c2c43)cc(C(C)(C)C)c1. The van der Waals surface area contributed by atoms with Crippen molar-refractivity contribution in [2.45, 2.75) is 52.4 Å². The van der Waals surface area contributed by atoms with Crippen molar-refractivity contribution in [3.05, 3.63) is 139 Å². The maximum absolute atomic E-state index is 7.15. The topological polar surface area (TPSA) is 17.4 Å². The van der Waals surface area contributed by atoms with E-state index in [1.165, 1.54) is 60.7 Å². The molecule has 3 nitrogen and oxygen atoms in total. The van der Waals surface area contributed by atoms with Gasteiger partial charge in [-0.25, -0.2) is 0 Å². The third-order valence-corrected chi connectivity index (χ3v) is 10.3. The van der Waals surface area contributed by atoms with Crippen LogP contribution < -0.4 is 20.5 Å². The highest BCUT2D eigenvalue weighted by atomic mass is 16.4. The first-order chi connectivity index (χ1) is 23.1. The fourth-order valence-electron chi connectivity index (χ4n) is 7.75. The van der Waals surface area contributed by atoms with E-state index in [1.54, 1.807) is 0 Å². The van der Waals surface area contributed by atoms with E-state index in [4.69, 9.17) is 4.65 Å². The Morgan fingerprint density at radius 2 is 1.25 bits per heavy atom. The number of anilines is 3. The van der Waals surface area contributed by atoms with Crippen molar-refractivity contribution in [2.24, 2.45) is 0 Å². The molecule has 1 aromatic heterocycles.